The zero-order valence-corrected chi connectivity index (χ0v) is 19.7. The second-order valence-electron chi connectivity index (χ2n) is 8.47. The molecule has 1 aromatic carbocycles. The molecular formula is C23H25N7O3S. The minimum absolute atomic E-state index is 0.141. The van der Waals surface area contributed by atoms with Gasteiger partial charge in [0.15, 0.2) is 33.6 Å². The van der Waals surface area contributed by atoms with Gasteiger partial charge >= 0.3 is 0 Å². The van der Waals surface area contributed by atoms with E-state index in [4.69, 9.17) is 20.2 Å². The molecular weight excluding hydrogens is 454 g/mol. The van der Waals surface area contributed by atoms with Gasteiger partial charge in [0.1, 0.15) is 6.33 Å². The Morgan fingerprint density at radius 2 is 2.03 bits per heavy atom. The highest BCUT2D eigenvalue weighted by atomic mass is 32.2. The van der Waals surface area contributed by atoms with E-state index in [0.29, 0.717) is 34.4 Å². The molecule has 0 radical (unpaired) electrons. The summed E-state index contributed by atoms with van der Waals surface area (Å²) in [4.78, 5) is 27.8. The van der Waals surface area contributed by atoms with E-state index in [0.717, 1.165) is 54.5 Å². The smallest absolute Gasteiger partial charge is 0.231 e. The Bertz CT molecular complexity index is 1280. The second-order valence-corrected chi connectivity index (χ2v) is 9.47. The molecule has 2 aliphatic heterocycles. The van der Waals surface area contributed by atoms with Gasteiger partial charge in [0.25, 0.3) is 0 Å². The maximum Gasteiger partial charge on any atom is 0.231 e. The van der Waals surface area contributed by atoms with Crippen LogP contribution < -0.4 is 15.2 Å². The molecule has 34 heavy (non-hydrogen) atoms. The van der Waals surface area contributed by atoms with Crippen molar-refractivity contribution in [3.05, 3.63) is 24.0 Å². The Labute approximate surface area is 201 Å². The van der Waals surface area contributed by atoms with Crippen LogP contribution in [0.25, 0.3) is 11.2 Å². The molecule has 5 rings (SSSR count). The summed E-state index contributed by atoms with van der Waals surface area (Å²) in [5, 5.41) is 10.1. The number of rotatable bonds is 6. The molecule has 0 aliphatic carbocycles. The van der Waals surface area contributed by atoms with E-state index in [1.807, 2.05) is 17.0 Å². The third kappa shape index (κ3) is 4.33. The first-order valence-electron chi connectivity index (χ1n) is 11.2. The summed E-state index contributed by atoms with van der Waals surface area (Å²) < 4.78 is 13.1. The van der Waals surface area contributed by atoms with E-state index < -0.39 is 0 Å². The number of aryl methyl sites for hydroxylation is 1. The number of likely N-dealkylation sites (tertiary alicyclic amines) is 1. The molecule has 2 aliphatic rings. The van der Waals surface area contributed by atoms with E-state index in [2.05, 4.69) is 20.6 Å². The number of carbonyl (C=O) groups is 1. The molecule has 176 valence electrons. The number of benzene rings is 1. The predicted octanol–water partition coefficient (Wildman–Crippen LogP) is 3.00. The van der Waals surface area contributed by atoms with E-state index >= 15 is 0 Å². The quantitative estimate of drug-likeness (QED) is 0.566. The molecule has 1 saturated heterocycles. The number of ether oxygens (including phenoxy) is 2. The molecule has 2 aromatic heterocycles. The number of fused-ring (bicyclic) bond motifs is 2. The third-order valence-electron chi connectivity index (χ3n) is 6.37. The molecule has 1 amide bonds. The molecule has 0 atom stereocenters. The molecule has 0 spiro atoms. The highest BCUT2D eigenvalue weighted by molar-refractivity contribution is 7.99. The molecule has 10 nitrogen and oxygen atoms in total. The van der Waals surface area contributed by atoms with Crippen LogP contribution in [0.5, 0.6) is 11.5 Å². The second kappa shape index (κ2) is 9.38. The minimum atomic E-state index is 0.141. The van der Waals surface area contributed by atoms with Crippen molar-refractivity contribution in [3.63, 3.8) is 0 Å². The molecule has 2 N–H and O–H groups in total. The molecule has 1 fully saturated rings. The number of carbonyl (C=O) groups excluding carboxylic acids is 1. The average Bonchev–Trinajstić information content (AvgIpc) is 3.43. The lowest BCUT2D eigenvalue weighted by atomic mass is 9.93. The van der Waals surface area contributed by atoms with Gasteiger partial charge in [0.2, 0.25) is 12.7 Å². The van der Waals surface area contributed by atoms with Crippen LogP contribution in [0.15, 0.2) is 28.5 Å². The summed E-state index contributed by atoms with van der Waals surface area (Å²) in [6.45, 7) is 4.12. The predicted molar refractivity (Wildman–Crippen MR) is 125 cm³/mol. The zero-order valence-electron chi connectivity index (χ0n) is 18.9. The van der Waals surface area contributed by atoms with Gasteiger partial charge in [-0.1, -0.05) is 11.8 Å². The Hall–Kier alpha value is -3.52. The van der Waals surface area contributed by atoms with Crippen molar-refractivity contribution in [3.8, 4) is 17.6 Å². The topological polar surface area (TPSA) is 132 Å². The molecule has 0 saturated carbocycles. The van der Waals surface area contributed by atoms with Crippen molar-refractivity contribution in [2.24, 2.45) is 5.92 Å². The van der Waals surface area contributed by atoms with Crippen LogP contribution in [-0.4, -0.2) is 50.2 Å². The summed E-state index contributed by atoms with van der Waals surface area (Å²) >= 11 is 1.46. The van der Waals surface area contributed by atoms with Crippen LogP contribution >= 0.6 is 11.8 Å². The zero-order chi connectivity index (χ0) is 23.7. The maximum absolute atomic E-state index is 11.6. The third-order valence-corrected chi connectivity index (χ3v) is 7.47. The van der Waals surface area contributed by atoms with Gasteiger partial charge in [-0.3, -0.25) is 4.79 Å². The molecule has 11 heteroatoms. The van der Waals surface area contributed by atoms with Gasteiger partial charge in [-0.05, 0) is 42.9 Å². The number of aromatic nitrogens is 4. The lowest BCUT2D eigenvalue weighted by Crippen LogP contribution is -2.37. The fourth-order valence-corrected chi connectivity index (χ4v) is 5.49. The van der Waals surface area contributed by atoms with Gasteiger partial charge in [0, 0.05) is 31.5 Å². The normalized spacial score (nSPS) is 15.6. The van der Waals surface area contributed by atoms with Gasteiger partial charge in [-0.15, -0.1) is 0 Å². The van der Waals surface area contributed by atoms with Gasteiger partial charge in [-0.2, -0.15) is 5.26 Å². The monoisotopic (exact) mass is 479 g/mol. The van der Waals surface area contributed by atoms with E-state index in [1.165, 1.54) is 18.1 Å². The average molecular weight is 480 g/mol. The SMILES string of the molecule is CC(=O)N1CCC(CCn2c(Sc3cc4c(cc3CC#N)OCO4)nc3c(N)ncnc32)CC1. The largest absolute Gasteiger partial charge is 0.454 e. The Morgan fingerprint density at radius 1 is 1.26 bits per heavy atom. The summed E-state index contributed by atoms with van der Waals surface area (Å²) in [7, 11) is 0. The van der Waals surface area contributed by atoms with Crippen molar-refractivity contribution in [1.82, 2.24) is 24.4 Å². The summed E-state index contributed by atoms with van der Waals surface area (Å²) in [5.41, 5.74) is 8.23. The Kier molecular flexibility index (Phi) is 6.15. The standard InChI is InChI=1S/C23H25N7O3S/c1-14(31)29-7-3-15(4-8-29)5-9-30-22-20(21(25)26-12-27-22)28-23(30)34-19-11-18-17(32-13-33-18)10-16(19)2-6-24/h10-12,15H,2-5,7-9,13H2,1H3,(H2,25,26,27). The lowest BCUT2D eigenvalue weighted by molar-refractivity contribution is -0.130. The number of nitrogens with zero attached hydrogens (tertiary/aromatic N) is 6. The fraction of sp³-hybridized carbons (Fsp3) is 0.435. The van der Waals surface area contributed by atoms with Crippen LogP contribution in [0.2, 0.25) is 0 Å². The van der Waals surface area contributed by atoms with Crippen LogP contribution in [0.1, 0.15) is 31.7 Å². The number of amides is 1. The summed E-state index contributed by atoms with van der Waals surface area (Å²) in [5.74, 6) is 2.30. The van der Waals surface area contributed by atoms with E-state index in [9.17, 15) is 10.1 Å². The molecule has 0 unspecified atom stereocenters. The van der Waals surface area contributed by atoms with Crippen molar-refractivity contribution < 1.29 is 14.3 Å². The van der Waals surface area contributed by atoms with Crippen molar-refractivity contribution in [2.75, 3.05) is 25.6 Å². The minimum Gasteiger partial charge on any atom is -0.454 e. The molecule has 3 aromatic rings. The first kappa shape index (κ1) is 22.3. The number of imidazole rings is 1. The number of nitrogen functional groups attached to an aromatic ring is 1. The van der Waals surface area contributed by atoms with Crippen LogP contribution in [0, 0.1) is 17.2 Å². The first-order chi connectivity index (χ1) is 16.5. The van der Waals surface area contributed by atoms with Crippen LogP contribution in [0.3, 0.4) is 0 Å². The highest BCUT2D eigenvalue weighted by Gasteiger charge is 2.24. The molecule has 4 heterocycles. The van der Waals surface area contributed by atoms with Crippen molar-refractivity contribution >= 4 is 34.7 Å². The van der Waals surface area contributed by atoms with Crippen LogP contribution in [-0.2, 0) is 17.8 Å². The first-order valence-corrected chi connectivity index (χ1v) is 12.0. The summed E-state index contributed by atoms with van der Waals surface area (Å²) in [6, 6.07) is 5.98. The Balaban J connectivity index is 1.43. The van der Waals surface area contributed by atoms with Gasteiger partial charge in [0.05, 0.1) is 12.5 Å². The summed E-state index contributed by atoms with van der Waals surface area (Å²) in [6.07, 6.45) is 4.62. The maximum atomic E-state index is 11.6. The number of nitriles is 1. The lowest BCUT2D eigenvalue weighted by Gasteiger charge is -2.31. The number of hydrogen-bond acceptors (Lipinski definition) is 9. The molecule has 0 bridgehead atoms. The Morgan fingerprint density at radius 3 is 2.76 bits per heavy atom. The fourth-order valence-electron chi connectivity index (χ4n) is 4.44. The van der Waals surface area contributed by atoms with E-state index in [-0.39, 0.29) is 19.1 Å². The van der Waals surface area contributed by atoms with Crippen molar-refractivity contribution in [1.29, 1.82) is 5.26 Å². The number of anilines is 1. The van der Waals surface area contributed by atoms with Crippen LogP contribution in [0.4, 0.5) is 5.82 Å². The van der Waals surface area contributed by atoms with Gasteiger partial charge in [-0.25, -0.2) is 15.0 Å². The van der Waals surface area contributed by atoms with E-state index in [1.54, 1.807) is 6.92 Å². The highest BCUT2D eigenvalue weighted by Crippen LogP contribution is 2.41. The number of hydrogen-bond donors (Lipinski definition) is 1. The number of piperidine rings is 1. The van der Waals surface area contributed by atoms with Crippen molar-refractivity contribution in [2.45, 2.75) is 49.2 Å². The van der Waals surface area contributed by atoms with Gasteiger partial charge < -0.3 is 24.7 Å². The number of nitrogens with two attached hydrogens (primary N) is 1.